The molecular weight excluding hydrogens is 264 g/mol. The van der Waals surface area contributed by atoms with Crippen molar-refractivity contribution in [3.05, 3.63) is 0 Å². The van der Waals surface area contributed by atoms with E-state index in [9.17, 15) is 4.79 Å². The van der Waals surface area contributed by atoms with Crippen LogP contribution < -0.4 is 5.32 Å². The average Bonchev–Trinajstić information content (AvgIpc) is 2.32. The minimum absolute atomic E-state index is 0.136. The van der Waals surface area contributed by atoms with Gasteiger partial charge in [0.25, 0.3) is 0 Å². The summed E-state index contributed by atoms with van der Waals surface area (Å²) in [6.07, 6.45) is 4.86. The number of rotatable bonds is 9. The number of nitrogens with zero attached hydrogens (tertiary/aromatic N) is 1. The van der Waals surface area contributed by atoms with E-state index in [2.05, 4.69) is 38.0 Å². The topological polar surface area (TPSA) is 41.6 Å². The Morgan fingerprint density at radius 3 is 2.43 bits per heavy atom. The molecule has 2 atom stereocenters. The van der Waals surface area contributed by atoms with Crippen LogP contribution in [0.4, 0.5) is 0 Å². The molecule has 1 aliphatic rings. The molecule has 0 aliphatic heterocycles. The van der Waals surface area contributed by atoms with Crippen molar-refractivity contribution in [1.29, 1.82) is 0 Å². The summed E-state index contributed by atoms with van der Waals surface area (Å²) in [6.45, 7) is 11.7. The molecule has 1 aliphatic carbocycles. The largest absolute Gasteiger partial charge is 0.465 e. The van der Waals surface area contributed by atoms with Gasteiger partial charge in [-0.05, 0) is 66.8 Å². The van der Waals surface area contributed by atoms with Crippen LogP contribution in [0.25, 0.3) is 0 Å². The fourth-order valence-corrected chi connectivity index (χ4v) is 3.14. The maximum absolute atomic E-state index is 12.3. The summed E-state index contributed by atoms with van der Waals surface area (Å²) in [5, 5.41) is 3.41. The van der Waals surface area contributed by atoms with Crippen molar-refractivity contribution in [2.75, 3.05) is 20.2 Å². The van der Waals surface area contributed by atoms with Crippen LogP contribution >= 0.6 is 0 Å². The molecule has 0 aromatic rings. The Labute approximate surface area is 130 Å². The highest BCUT2D eigenvalue weighted by molar-refractivity contribution is 5.80. The van der Waals surface area contributed by atoms with Crippen LogP contribution in [-0.2, 0) is 9.53 Å². The molecule has 0 spiro atoms. The first-order valence-electron chi connectivity index (χ1n) is 8.43. The molecule has 1 N–H and O–H groups in total. The summed E-state index contributed by atoms with van der Waals surface area (Å²) in [6, 6.07) is 0.606. The van der Waals surface area contributed by atoms with Gasteiger partial charge in [0.15, 0.2) is 0 Å². The summed E-state index contributed by atoms with van der Waals surface area (Å²) in [7, 11) is 2.17. The summed E-state index contributed by atoms with van der Waals surface area (Å²) >= 11 is 0. The number of hydrogen-bond donors (Lipinski definition) is 1. The van der Waals surface area contributed by atoms with Gasteiger partial charge < -0.3 is 9.64 Å². The molecule has 0 amide bonds. The molecule has 0 bridgehead atoms. The highest BCUT2D eigenvalue weighted by Gasteiger charge is 2.37. The van der Waals surface area contributed by atoms with Crippen LogP contribution in [0, 0.1) is 5.92 Å². The van der Waals surface area contributed by atoms with E-state index in [0.717, 1.165) is 18.9 Å². The van der Waals surface area contributed by atoms with Gasteiger partial charge in [0.05, 0.1) is 6.61 Å². The quantitative estimate of drug-likeness (QED) is 0.665. The SMILES string of the molecule is CCOC(=O)C(C)(CC(C)N(C)CC1CCC1)NC(C)C. The Morgan fingerprint density at radius 2 is 2.00 bits per heavy atom. The summed E-state index contributed by atoms with van der Waals surface area (Å²) in [5.41, 5.74) is -0.614. The van der Waals surface area contributed by atoms with Gasteiger partial charge >= 0.3 is 5.97 Å². The normalized spacial score (nSPS) is 20.2. The Bertz CT molecular complexity index is 329. The Hall–Kier alpha value is -0.610. The Morgan fingerprint density at radius 1 is 1.38 bits per heavy atom. The van der Waals surface area contributed by atoms with Crippen LogP contribution in [0.5, 0.6) is 0 Å². The lowest BCUT2D eigenvalue weighted by Crippen LogP contribution is -2.56. The van der Waals surface area contributed by atoms with Crippen LogP contribution in [-0.4, -0.2) is 48.7 Å². The van der Waals surface area contributed by atoms with Crippen LogP contribution in [0.2, 0.25) is 0 Å². The van der Waals surface area contributed by atoms with Gasteiger partial charge in [-0.2, -0.15) is 0 Å². The average molecular weight is 298 g/mol. The van der Waals surface area contributed by atoms with Crippen LogP contribution in [0.1, 0.15) is 60.3 Å². The van der Waals surface area contributed by atoms with Crippen molar-refractivity contribution in [3.63, 3.8) is 0 Å². The molecule has 1 saturated carbocycles. The van der Waals surface area contributed by atoms with Gasteiger partial charge in [-0.25, -0.2) is 0 Å². The van der Waals surface area contributed by atoms with Gasteiger partial charge in [-0.3, -0.25) is 10.1 Å². The number of hydrogen-bond acceptors (Lipinski definition) is 4. The maximum Gasteiger partial charge on any atom is 0.326 e. The molecule has 1 fully saturated rings. The molecule has 0 heterocycles. The van der Waals surface area contributed by atoms with Crippen molar-refractivity contribution >= 4 is 5.97 Å². The van der Waals surface area contributed by atoms with E-state index in [-0.39, 0.29) is 12.0 Å². The predicted octanol–water partition coefficient (Wildman–Crippen LogP) is 2.82. The molecule has 2 unspecified atom stereocenters. The Balaban J connectivity index is 2.62. The third kappa shape index (κ3) is 5.59. The van der Waals surface area contributed by atoms with E-state index in [1.165, 1.54) is 19.3 Å². The lowest BCUT2D eigenvalue weighted by molar-refractivity contribution is -0.151. The third-order valence-corrected chi connectivity index (χ3v) is 4.56. The zero-order valence-electron chi connectivity index (χ0n) is 14.7. The summed E-state index contributed by atoms with van der Waals surface area (Å²) in [4.78, 5) is 14.7. The first-order chi connectivity index (χ1) is 9.78. The molecule has 4 heteroatoms. The third-order valence-electron chi connectivity index (χ3n) is 4.56. The molecule has 124 valence electrons. The zero-order chi connectivity index (χ0) is 16.0. The Kier molecular flexibility index (Phi) is 7.14. The summed E-state index contributed by atoms with van der Waals surface area (Å²) in [5.74, 6) is 0.715. The second kappa shape index (κ2) is 8.14. The molecule has 0 saturated heterocycles. The van der Waals surface area contributed by atoms with Crippen LogP contribution in [0.3, 0.4) is 0 Å². The number of carbonyl (C=O) groups is 1. The maximum atomic E-state index is 12.3. The number of esters is 1. The molecule has 4 nitrogen and oxygen atoms in total. The monoisotopic (exact) mass is 298 g/mol. The van der Waals surface area contributed by atoms with E-state index >= 15 is 0 Å². The van der Waals surface area contributed by atoms with Gasteiger partial charge in [-0.15, -0.1) is 0 Å². The van der Waals surface area contributed by atoms with Gasteiger partial charge in [0, 0.05) is 18.6 Å². The molecule has 0 aromatic heterocycles. The zero-order valence-corrected chi connectivity index (χ0v) is 14.7. The van der Waals surface area contributed by atoms with E-state index in [4.69, 9.17) is 4.74 Å². The number of nitrogens with one attached hydrogen (secondary N) is 1. The first kappa shape index (κ1) is 18.4. The molecule has 21 heavy (non-hydrogen) atoms. The van der Waals surface area contributed by atoms with Gasteiger partial charge in [0.2, 0.25) is 0 Å². The molecule has 1 rings (SSSR count). The lowest BCUT2D eigenvalue weighted by atomic mass is 9.84. The van der Waals surface area contributed by atoms with Crippen molar-refractivity contribution in [2.24, 2.45) is 5.92 Å². The van der Waals surface area contributed by atoms with Crippen molar-refractivity contribution in [2.45, 2.75) is 77.9 Å². The second-order valence-corrected chi connectivity index (χ2v) is 7.14. The predicted molar refractivity (Wildman–Crippen MR) is 87.4 cm³/mol. The fraction of sp³-hybridized carbons (Fsp3) is 0.941. The van der Waals surface area contributed by atoms with Crippen LogP contribution in [0.15, 0.2) is 0 Å². The summed E-state index contributed by atoms with van der Waals surface area (Å²) < 4.78 is 5.28. The van der Waals surface area contributed by atoms with E-state index in [1.54, 1.807) is 0 Å². The minimum atomic E-state index is -0.614. The van der Waals surface area contributed by atoms with Crippen molar-refractivity contribution in [3.8, 4) is 0 Å². The van der Waals surface area contributed by atoms with E-state index in [0.29, 0.717) is 12.6 Å². The van der Waals surface area contributed by atoms with Crippen molar-refractivity contribution in [1.82, 2.24) is 10.2 Å². The molecule has 0 radical (unpaired) electrons. The molecule has 0 aromatic carbocycles. The number of ether oxygens (including phenoxy) is 1. The second-order valence-electron chi connectivity index (χ2n) is 7.14. The molecular formula is C17H34N2O2. The van der Waals surface area contributed by atoms with E-state index in [1.807, 2.05) is 13.8 Å². The van der Waals surface area contributed by atoms with Gasteiger partial charge in [-0.1, -0.05) is 6.42 Å². The highest BCUT2D eigenvalue weighted by atomic mass is 16.5. The van der Waals surface area contributed by atoms with E-state index < -0.39 is 5.54 Å². The van der Waals surface area contributed by atoms with Crippen molar-refractivity contribution < 1.29 is 9.53 Å². The fourth-order valence-electron chi connectivity index (χ4n) is 3.14. The number of carbonyl (C=O) groups excluding carboxylic acids is 1. The minimum Gasteiger partial charge on any atom is -0.465 e. The smallest absolute Gasteiger partial charge is 0.326 e. The highest BCUT2D eigenvalue weighted by Crippen LogP contribution is 2.28. The lowest BCUT2D eigenvalue weighted by Gasteiger charge is -2.38. The van der Waals surface area contributed by atoms with Gasteiger partial charge in [0.1, 0.15) is 5.54 Å². The first-order valence-corrected chi connectivity index (χ1v) is 8.43. The standard InChI is InChI=1S/C17H34N2O2/c1-7-21-16(20)17(5,18-13(2)3)11-14(4)19(6)12-15-9-8-10-15/h13-15,18H,7-12H2,1-6H3.